The molecular weight excluding hydrogens is 280 g/mol. The lowest BCUT2D eigenvalue weighted by Gasteiger charge is -2.43. The zero-order chi connectivity index (χ0) is 15.5. The molecule has 1 aliphatic heterocycles. The fourth-order valence-electron chi connectivity index (χ4n) is 3.04. The summed E-state index contributed by atoms with van der Waals surface area (Å²) in [4.78, 5) is 15.8. The summed E-state index contributed by atoms with van der Waals surface area (Å²) < 4.78 is 0. The van der Waals surface area contributed by atoms with Crippen LogP contribution in [-0.2, 0) is 6.42 Å². The molecule has 0 bridgehead atoms. The SMILES string of the molecule is CCc1ccsc1C(=O)NCC(C)(C)N1CCC[C@H](C)C1. The molecule has 4 heteroatoms. The van der Waals surface area contributed by atoms with Gasteiger partial charge in [0.25, 0.3) is 5.91 Å². The quantitative estimate of drug-likeness (QED) is 0.902. The predicted molar refractivity (Wildman–Crippen MR) is 90.1 cm³/mol. The molecule has 0 radical (unpaired) electrons. The molecule has 21 heavy (non-hydrogen) atoms. The minimum absolute atomic E-state index is 0.0218. The minimum Gasteiger partial charge on any atom is -0.349 e. The van der Waals surface area contributed by atoms with Crippen LogP contribution in [0, 0.1) is 5.92 Å². The standard InChI is InChI=1S/C17H28N2OS/c1-5-14-8-10-21-15(14)16(20)18-12-17(3,4)19-9-6-7-13(2)11-19/h8,10,13H,5-7,9,11-12H2,1-4H3,(H,18,20)/t13-/m0/s1. The maximum atomic E-state index is 12.4. The van der Waals surface area contributed by atoms with Crippen molar-refractivity contribution in [2.24, 2.45) is 5.92 Å². The smallest absolute Gasteiger partial charge is 0.261 e. The van der Waals surface area contributed by atoms with E-state index in [4.69, 9.17) is 0 Å². The Hall–Kier alpha value is -0.870. The summed E-state index contributed by atoms with van der Waals surface area (Å²) >= 11 is 1.54. The Kier molecular flexibility index (Phi) is 5.44. The fraction of sp³-hybridized carbons (Fsp3) is 0.706. The molecule has 1 amide bonds. The van der Waals surface area contributed by atoms with Gasteiger partial charge in [-0.3, -0.25) is 9.69 Å². The molecule has 118 valence electrons. The van der Waals surface area contributed by atoms with Crippen molar-refractivity contribution in [3.05, 3.63) is 21.9 Å². The number of likely N-dealkylation sites (tertiary alicyclic amines) is 1. The molecule has 0 unspecified atom stereocenters. The Morgan fingerprint density at radius 1 is 1.52 bits per heavy atom. The number of nitrogens with one attached hydrogen (secondary N) is 1. The average Bonchev–Trinajstić information content (AvgIpc) is 2.93. The molecule has 1 saturated heterocycles. The minimum atomic E-state index is 0.0218. The monoisotopic (exact) mass is 308 g/mol. The number of hydrogen-bond acceptors (Lipinski definition) is 3. The van der Waals surface area contributed by atoms with Crippen LogP contribution in [0.5, 0.6) is 0 Å². The van der Waals surface area contributed by atoms with Crippen LogP contribution < -0.4 is 5.32 Å². The second kappa shape index (κ2) is 6.93. The van der Waals surface area contributed by atoms with E-state index in [-0.39, 0.29) is 11.4 Å². The van der Waals surface area contributed by atoms with Gasteiger partial charge in [-0.15, -0.1) is 11.3 Å². The molecule has 3 nitrogen and oxygen atoms in total. The van der Waals surface area contributed by atoms with Crippen molar-refractivity contribution in [3.63, 3.8) is 0 Å². The number of nitrogens with zero attached hydrogens (tertiary/aromatic N) is 1. The van der Waals surface area contributed by atoms with E-state index in [1.165, 1.54) is 12.8 Å². The normalized spacial score (nSPS) is 20.5. The second-order valence-electron chi connectivity index (χ2n) is 6.82. The van der Waals surface area contributed by atoms with Gasteiger partial charge in [0.1, 0.15) is 0 Å². The average molecular weight is 308 g/mol. The van der Waals surface area contributed by atoms with Gasteiger partial charge in [-0.1, -0.05) is 13.8 Å². The van der Waals surface area contributed by atoms with Gasteiger partial charge in [0.15, 0.2) is 0 Å². The van der Waals surface area contributed by atoms with Crippen LogP contribution in [0.15, 0.2) is 11.4 Å². The van der Waals surface area contributed by atoms with Crippen LogP contribution in [-0.4, -0.2) is 36.0 Å². The highest BCUT2D eigenvalue weighted by molar-refractivity contribution is 7.12. The van der Waals surface area contributed by atoms with E-state index < -0.39 is 0 Å². The molecule has 0 aromatic carbocycles. The maximum Gasteiger partial charge on any atom is 0.261 e. The van der Waals surface area contributed by atoms with Gasteiger partial charge >= 0.3 is 0 Å². The molecule has 0 aliphatic carbocycles. The molecule has 2 rings (SSSR count). The Morgan fingerprint density at radius 3 is 2.95 bits per heavy atom. The number of carbonyl (C=O) groups is 1. The Labute approximate surface area is 132 Å². The van der Waals surface area contributed by atoms with Gasteiger partial charge in [-0.05, 0) is 62.6 Å². The van der Waals surface area contributed by atoms with Crippen molar-refractivity contribution in [1.29, 1.82) is 0 Å². The number of amides is 1. The van der Waals surface area contributed by atoms with Crippen molar-refractivity contribution in [1.82, 2.24) is 10.2 Å². The van der Waals surface area contributed by atoms with E-state index in [0.29, 0.717) is 6.54 Å². The largest absolute Gasteiger partial charge is 0.349 e. The van der Waals surface area contributed by atoms with Crippen LogP contribution in [0.4, 0.5) is 0 Å². The molecule has 1 atom stereocenters. The lowest BCUT2D eigenvalue weighted by atomic mass is 9.93. The summed E-state index contributed by atoms with van der Waals surface area (Å²) in [5.41, 5.74) is 1.18. The third-order valence-corrected chi connectivity index (χ3v) is 5.48. The highest BCUT2D eigenvalue weighted by Crippen LogP contribution is 2.24. The Bertz CT molecular complexity index is 481. The Morgan fingerprint density at radius 2 is 2.29 bits per heavy atom. The van der Waals surface area contributed by atoms with Crippen LogP contribution in [0.2, 0.25) is 0 Å². The Balaban J connectivity index is 1.93. The highest BCUT2D eigenvalue weighted by atomic mass is 32.1. The summed E-state index contributed by atoms with van der Waals surface area (Å²) in [6.45, 7) is 11.9. The lowest BCUT2D eigenvalue weighted by molar-refractivity contribution is 0.0658. The van der Waals surface area contributed by atoms with E-state index in [9.17, 15) is 4.79 Å². The van der Waals surface area contributed by atoms with Gasteiger partial charge in [0.05, 0.1) is 4.88 Å². The van der Waals surface area contributed by atoms with Crippen molar-refractivity contribution < 1.29 is 4.79 Å². The van der Waals surface area contributed by atoms with Crippen LogP contribution in [0.25, 0.3) is 0 Å². The van der Waals surface area contributed by atoms with E-state index in [1.54, 1.807) is 11.3 Å². The number of rotatable bonds is 5. The number of hydrogen-bond donors (Lipinski definition) is 1. The van der Waals surface area contributed by atoms with Crippen molar-refractivity contribution in [2.75, 3.05) is 19.6 Å². The number of piperidine rings is 1. The molecule has 0 saturated carbocycles. The molecule has 0 spiro atoms. The number of aryl methyl sites for hydroxylation is 1. The molecule has 1 aromatic heterocycles. The van der Waals surface area contributed by atoms with Gasteiger partial charge in [0, 0.05) is 18.6 Å². The first-order valence-corrected chi connectivity index (χ1v) is 8.91. The first-order chi connectivity index (χ1) is 9.94. The zero-order valence-corrected chi connectivity index (χ0v) is 14.6. The van der Waals surface area contributed by atoms with E-state index in [2.05, 4.69) is 44.0 Å². The van der Waals surface area contributed by atoms with Crippen LogP contribution >= 0.6 is 11.3 Å². The van der Waals surface area contributed by atoms with Gasteiger partial charge in [-0.25, -0.2) is 0 Å². The summed E-state index contributed by atoms with van der Waals surface area (Å²) in [7, 11) is 0. The van der Waals surface area contributed by atoms with Crippen molar-refractivity contribution in [2.45, 2.75) is 52.5 Å². The number of thiophene rings is 1. The summed E-state index contributed by atoms with van der Waals surface area (Å²) in [5, 5.41) is 5.15. The third kappa shape index (κ3) is 4.07. The molecule has 1 aromatic rings. The van der Waals surface area contributed by atoms with Gasteiger partial charge < -0.3 is 5.32 Å². The lowest BCUT2D eigenvalue weighted by Crippen LogP contribution is -2.54. The molecular formula is C17H28N2OS. The summed E-state index contributed by atoms with van der Waals surface area (Å²) in [6, 6.07) is 2.05. The van der Waals surface area contributed by atoms with E-state index in [0.717, 1.165) is 35.9 Å². The van der Waals surface area contributed by atoms with Crippen LogP contribution in [0.1, 0.15) is 55.8 Å². The zero-order valence-electron chi connectivity index (χ0n) is 13.7. The summed E-state index contributed by atoms with van der Waals surface area (Å²) in [6.07, 6.45) is 3.51. The van der Waals surface area contributed by atoms with E-state index >= 15 is 0 Å². The predicted octanol–water partition coefficient (Wildman–Crippen LogP) is 3.55. The summed E-state index contributed by atoms with van der Waals surface area (Å²) in [5.74, 6) is 0.845. The third-order valence-electron chi connectivity index (χ3n) is 4.53. The van der Waals surface area contributed by atoms with Crippen molar-refractivity contribution in [3.8, 4) is 0 Å². The fourth-order valence-corrected chi connectivity index (χ4v) is 3.95. The van der Waals surface area contributed by atoms with Crippen LogP contribution in [0.3, 0.4) is 0 Å². The van der Waals surface area contributed by atoms with E-state index in [1.807, 2.05) is 5.38 Å². The molecule has 1 N–H and O–H groups in total. The topological polar surface area (TPSA) is 32.3 Å². The van der Waals surface area contributed by atoms with Crippen molar-refractivity contribution >= 4 is 17.2 Å². The maximum absolute atomic E-state index is 12.4. The first kappa shape index (κ1) is 16.5. The van der Waals surface area contributed by atoms with Gasteiger partial charge in [-0.2, -0.15) is 0 Å². The molecule has 1 fully saturated rings. The second-order valence-corrected chi connectivity index (χ2v) is 7.73. The highest BCUT2D eigenvalue weighted by Gasteiger charge is 2.30. The molecule has 1 aliphatic rings. The number of carbonyl (C=O) groups excluding carboxylic acids is 1. The van der Waals surface area contributed by atoms with Gasteiger partial charge in [0.2, 0.25) is 0 Å². The molecule has 2 heterocycles. The first-order valence-electron chi connectivity index (χ1n) is 8.03.